The van der Waals surface area contributed by atoms with E-state index < -0.39 is 5.82 Å². The molecular weight excluding hydrogens is 549 g/mol. The van der Waals surface area contributed by atoms with Gasteiger partial charge >= 0.3 is 12.0 Å². The Bertz CT molecular complexity index is 1550. The fourth-order valence-corrected chi connectivity index (χ4v) is 5.55. The van der Waals surface area contributed by atoms with E-state index in [1.165, 1.54) is 13.2 Å². The van der Waals surface area contributed by atoms with Gasteiger partial charge in [-0.25, -0.2) is 19.2 Å². The summed E-state index contributed by atoms with van der Waals surface area (Å²) in [5.41, 5.74) is 3.60. The monoisotopic (exact) mass is 579 g/mol. The number of carbonyl (C=O) groups excluding carboxylic acids is 1. The number of esters is 1. The molecule has 0 bridgehead atoms. The Morgan fingerprint density at radius 2 is 1.95 bits per heavy atom. The molecule has 0 radical (unpaired) electrons. The minimum atomic E-state index is -0.418. The minimum absolute atomic E-state index is 0.0267. The lowest BCUT2D eigenvalue weighted by Gasteiger charge is -2.32. The van der Waals surface area contributed by atoms with Crippen LogP contribution in [0, 0.1) is 5.82 Å². The first-order chi connectivity index (χ1) is 20.0. The first kappa shape index (κ1) is 27.6. The van der Waals surface area contributed by atoms with Gasteiger partial charge in [0.15, 0.2) is 0 Å². The molecule has 4 aromatic rings. The molecule has 6 rings (SSSR count). The van der Waals surface area contributed by atoms with Gasteiger partial charge in [-0.2, -0.15) is 4.98 Å². The zero-order valence-corrected chi connectivity index (χ0v) is 23.5. The lowest BCUT2D eigenvalue weighted by Crippen LogP contribution is -2.35. The first-order valence-electron chi connectivity index (χ1n) is 13.8. The van der Waals surface area contributed by atoms with Crippen LogP contribution >= 0.6 is 11.6 Å². The lowest BCUT2D eigenvalue weighted by atomic mass is 9.93. The van der Waals surface area contributed by atoms with Crippen LogP contribution in [0.5, 0.6) is 6.01 Å². The zero-order valence-electron chi connectivity index (χ0n) is 22.8. The first-order valence-corrected chi connectivity index (χ1v) is 14.2. The molecule has 2 aromatic carbocycles. The number of fused-ring (bicyclic) bond motifs is 1. The second kappa shape index (κ2) is 12.1. The molecule has 2 saturated heterocycles. The van der Waals surface area contributed by atoms with Crippen molar-refractivity contribution in [2.75, 3.05) is 26.8 Å². The van der Waals surface area contributed by atoms with E-state index in [1.807, 2.05) is 18.2 Å². The van der Waals surface area contributed by atoms with E-state index in [0.717, 1.165) is 61.5 Å². The van der Waals surface area contributed by atoms with Gasteiger partial charge in [-0.05, 0) is 68.8 Å². The minimum Gasteiger partial charge on any atom is -0.465 e. The summed E-state index contributed by atoms with van der Waals surface area (Å²) >= 11 is 5.84. The second-order valence-electron chi connectivity index (χ2n) is 10.5. The number of hydrogen-bond donors (Lipinski definition) is 0. The average Bonchev–Trinajstić information content (AvgIpc) is 3.30. The fourth-order valence-electron chi connectivity index (χ4n) is 5.39. The van der Waals surface area contributed by atoms with Crippen molar-refractivity contribution < 1.29 is 23.4 Å². The number of hydrogen-bond acceptors (Lipinski definition) is 8. The number of rotatable bonds is 9. The van der Waals surface area contributed by atoms with E-state index in [1.54, 1.807) is 24.4 Å². The molecule has 9 nitrogen and oxygen atoms in total. The van der Waals surface area contributed by atoms with Crippen LogP contribution in [0.1, 0.15) is 52.6 Å². The third kappa shape index (κ3) is 6.19. The molecule has 2 fully saturated rings. The summed E-state index contributed by atoms with van der Waals surface area (Å²) in [7, 11) is 1.39. The van der Waals surface area contributed by atoms with Crippen LogP contribution in [-0.4, -0.2) is 63.3 Å². The molecule has 11 heteroatoms. The molecule has 214 valence electrons. The number of imidazole rings is 1. The predicted octanol–water partition coefficient (Wildman–Crippen LogP) is 5.15. The maximum absolute atomic E-state index is 14.1. The van der Waals surface area contributed by atoms with Crippen molar-refractivity contribution in [2.24, 2.45) is 0 Å². The van der Waals surface area contributed by atoms with E-state index in [0.29, 0.717) is 29.2 Å². The summed E-state index contributed by atoms with van der Waals surface area (Å²) in [5, 5.41) is 0.341. The molecule has 41 heavy (non-hydrogen) atoms. The molecular formula is C30H31ClFN5O4. The highest BCUT2D eigenvalue weighted by atomic mass is 35.5. The highest BCUT2D eigenvalue weighted by molar-refractivity contribution is 6.30. The molecule has 0 amide bonds. The van der Waals surface area contributed by atoms with Crippen molar-refractivity contribution >= 4 is 28.6 Å². The Morgan fingerprint density at radius 1 is 1.12 bits per heavy atom. The van der Waals surface area contributed by atoms with Crippen LogP contribution < -0.4 is 4.74 Å². The van der Waals surface area contributed by atoms with E-state index in [-0.39, 0.29) is 30.6 Å². The molecule has 0 unspecified atom stereocenters. The molecule has 4 heterocycles. The van der Waals surface area contributed by atoms with Gasteiger partial charge < -0.3 is 18.8 Å². The summed E-state index contributed by atoms with van der Waals surface area (Å²) < 4.78 is 32.6. The molecule has 0 N–H and O–H groups in total. The third-order valence-electron chi connectivity index (χ3n) is 7.83. The predicted molar refractivity (Wildman–Crippen MR) is 150 cm³/mol. The van der Waals surface area contributed by atoms with Crippen LogP contribution in [0.4, 0.5) is 4.39 Å². The number of halogens is 2. The largest absolute Gasteiger partial charge is 0.465 e. The molecule has 0 aliphatic carbocycles. The number of benzene rings is 2. The highest BCUT2D eigenvalue weighted by Crippen LogP contribution is 2.29. The van der Waals surface area contributed by atoms with E-state index in [4.69, 9.17) is 30.8 Å². The SMILES string of the molecule is COC(=O)c1ccc2nc(CN3CCC(c4ccnc(OCc5ccc(Cl)cc5F)n4)CC3)n(C[C@@H]3CCO3)c2c1. The number of ether oxygens (including phenoxy) is 3. The van der Waals surface area contributed by atoms with E-state index in [2.05, 4.69) is 19.4 Å². The van der Waals surface area contributed by atoms with Crippen LogP contribution in [0.2, 0.25) is 5.02 Å². The van der Waals surface area contributed by atoms with E-state index in [9.17, 15) is 9.18 Å². The maximum atomic E-state index is 14.1. The summed E-state index contributed by atoms with van der Waals surface area (Å²) in [6, 6.07) is 12.1. The van der Waals surface area contributed by atoms with Gasteiger partial charge in [0.25, 0.3) is 0 Å². The number of carbonyl (C=O) groups is 1. The Balaban J connectivity index is 1.11. The number of aromatic nitrogens is 4. The molecule has 2 aromatic heterocycles. The average molecular weight is 580 g/mol. The van der Waals surface area contributed by atoms with Gasteiger partial charge in [-0.15, -0.1) is 0 Å². The molecule has 0 spiro atoms. The quantitative estimate of drug-likeness (QED) is 0.251. The smallest absolute Gasteiger partial charge is 0.337 e. The maximum Gasteiger partial charge on any atom is 0.337 e. The summed E-state index contributed by atoms with van der Waals surface area (Å²) in [4.78, 5) is 28.3. The molecule has 2 aliphatic heterocycles. The molecule has 0 saturated carbocycles. The fraction of sp³-hybridized carbons (Fsp3) is 0.400. The zero-order chi connectivity index (χ0) is 28.3. The lowest BCUT2D eigenvalue weighted by molar-refractivity contribution is -0.0592. The number of likely N-dealkylation sites (tertiary alicyclic amines) is 1. The van der Waals surface area contributed by atoms with Crippen molar-refractivity contribution in [1.29, 1.82) is 0 Å². The van der Waals surface area contributed by atoms with Crippen molar-refractivity contribution in [3.8, 4) is 6.01 Å². The highest BCUT2D eigenvalue weighted by Gasteiger charge is 2.26. The van der Waals surface area contributed by atoms with Crippen molar-refractivity contribution in [1.82, 2.24) is 24.4 Å². The Hall–Kier alpha value is -3.60. The van der Waals surface area contributed by atoms with Crippen LogP contribution in [0.25, 0.3) is 11.0 Å². The number of nitrogens with zero attached hydrogens (tertiary/aromatic N) is 5. The van der Waals surface area contributed by atoms with Crippen LogP contribution in [0.15, 0.2) is 48.7 Å². The van der Waals surface area contributed by atoms with Crippen molar-refractivity contribution in [3.05, 3.63) is 82.1 Å². The normalized spacial score (nSPS) is 17.9. The Kier molecular flexibility index (Phi) is 8.13. The Morgan fingerprint density at radius 3 is 2.68 bits per heavy atom. The molecule has 1 atom stereocenters. The van der Waals surface area contributed by atoms with Gasteiger partial charge in [0, 0.05) is 29.3 Å². The number of piperidine rings is 1. The standard InChI is InChI=1S/C30H31ClFN5O4/c1-39-29(38)20-3-5-26-27(14-20)37(16-23-9-13-40-23)28(34-26)17-36-11-7-19(8-12-36)25-6-10-33-30(35-25)41-18-21-2-4-22(31)15-24(21)32/h2-6,10,14-15,19,23H,7-9,11-13,16-18H2,1H3/t23-/m0/s1. The summed E-state index contributed by atoms with van der Waals surface area (Å²) in [5.74, 6) is 0.453. The second-order valence-corrected chi connectivity index (χ2v) is 10.9. The van der Waals surface area contributed by atoms with Crippen molar-refractivity contribution in [3.63, 3.8) is 0 Å². The van der Waals surface area contributed by atoms with Crippen LogP contribution in [0.3, 0.4) is 0 Å². The van der Waals surface area contributed by atoms with E-state index >= 15 is 0 Å². The molecule has 2 aliphatic rings. The van der Waals surface area contributed by atoms with Gasteiger partial charge in [0.05, 0.1) is 48.6 Å². The van der Waals surface area contributed by atoms with Gasteiger partial charge in [0.1, 0.15) is 18.2 Å². The number of methoxy groups -OCH3 is 1. The summed E-state index contributed by atoms with van der Waals surface area (Å²) in [6.07, 6.45) is 4.72. The summed E-state index contributed by atoms with van der Waals surface area (Å²) in [6.45, 7) is 3.98. The Labute approximate surface area is 242 Å². The van der Waals surface area contributed by atoms with Crippen LogP contribution in [-0.2, 0) is 29.2 Å². The third-order valence-corrected chi connectivity index (χ3v) is 8.06. The van der Waals surface area contributed by atoms with Crippen molar-refractivity contribution in [2.45, 2.75) is 51.0 Å². The van der Waals surface area contributed by atoms with Gasteiger partial charge in [-0.3, -0.25) is 4.90 Å². The van der Waals surface area contributed by atoms with Gasteiger partial charge in [0.2, 0.25) is 0 Å². The van der Waals surface area contributed by atoms with Gasteiger partial charge in [-0.1, -0.05) is 17.7 Å². The topological polar surface area (TPSA) is 91.6 Å².